The zero-order valence-electron chi connectivity index (χ0n) is 10.2. The molecule has 4 nitrogen and oxygen atoms in total. The number of hydrogen-bond donors (Lipinski definition) is 0. The molecule has 0 aliphatic carbocycles. The minimum atomic E-state index is -4.47. The largest absolute Gasteiger partial charge is 1.00 e. The van der Waals surface area contributed by atoms with Crippen molar-refractivity contribution in [2.45, 2.75) is 11.8 Å². The molecule has 0 spiro atoms. The van der Waals surface area contributed by atoms with Crippen LogP contribution in [-0.4, -0.2) is 19.6 Å². The Morgan fingerprint density at radius 2 is 1.72 bits per heavy atom. The van der Waals surface area contributed by atoms with E-state index in [1.807, 2.05) is 6.92 Å². The Morgan fingerprint density at radius 1 is 1.11 bits per heavy atom. The van der Waals surface area contributed by atoms with Gasteiger partial charge in [0.15, 0.2) is 0 Å². The topological polar surface area (TPSA) is 66.4 Å². The van der Waals surface area contributed by atoms with Crippen molar-refractivity contribution in [1.29, 1.82) is 0 Å². The molecule has 0 unspecified atom stereocenters. The van der Waals surface area contributed by atoms with Crippen LogP contribution in [0.15, 0.2) is 41.3 Å². The fourth-order valence-electron chi connectivity index (χ4n) is 1.75. The van der Waals surface area contributed by atoms with Crippen molar-refractivity contribution in [3.63, 3.8) is 0 Å². The summed E-state index contributed by atoms with van der Waals surface area (Å²) in [5.74, 6) is 0.579. The second-order valence-corrected chi connectivity index (χ2v) is 4.84. The van der Waals surface area contributed by atoms with Crippen molar-refractivity contribution < 1.29 is 47.3 Å². The Bertz CT molecular complexity index is 652. The van der Waals surface area contributed by atoms with Crippen molar-refractivity contribution in [2.75, 3.05) is 6.61 Å². The number of fused-ring (bicyclic) bond motifs is 1. The molecule has 0 radical (unpaired) electrons. The molecule has 2 aromatic rings. The summed E-state index contributed by atoms with van der Waals surface area (Å²) in [6.45, 7) is 2.32. The van der Waals surface area contributed by atoms with E-state index in [-0.39, 0.29) is 34.5 Å². The molecule has 0 atom stereocenters. The van der Waals surface area contributed by atoms with E-state index >= 15 is 0 Å². The van der Waals surface area contributed by atoms with E-state index in [1.54, 1.807) is 24.3 Å². The SMILES string of the molecule is CCOc1cccc2c(S(=O)(=O)[O-])cccc12.[Na+]. The van der Waals surface area contributed by atoms with E-state index in [0.29, 0.717) is 23.1 Å². The Labute approximate surface area is 128 Å². The third-order valence-electron chi connectivity index (χ3n) is 2.41. The molecule has 0 amide bonds. The maximum Gasteiger partial charge on any atom is 1.00 e. The van der Waals surface area contributed by atoms with E-state index in [0.717, 1.165) is 0 Å². The van der Waals surface area contributed by atoms with Crippen molar-refractivity contribution in [1.82, 2.24) is 0 Å². The number of hydrogen-bond acceptors (Lipinski definition) is 4. The molecule has 0 N–H and O–H groups in total. The summed E-state index contributed by atoms with van der Waals surface area (Å²) in [6.07, 6.45) is 0. The molecule has 0 aliphatic heterocycles. The average Bonchev–Trinajstić information content (AvgIpc) is 2.28. The first-order chi connectivity index (χ1) is 8.04. The van der Waals surface area contributed by atoms with Crippen LogP contribution in [0.5, 0.6) is 5.75 Å². The molecule has 18 heavy (non-hydrogen) atoms. The Kier molecular flexibility index (Phi) is 5.19. The van der Waals surface area contributed by atoms with E-state index in [4.69, 9.17) is 4.74 Å². The molecule has 2 rings (SSSR count). The van der Waals surface area contributed by atoms with Crippen molar-refractivity contribution >= 4 is 20.9 Å². The van der Waals surface area contributed by atoms with Gasteiger partial charge in [0.05, 0.1) is 11.5 Å². The third-order valence-corrected chi connectivity index (χ3v) is 3.31. The van der Waals surface area contributed by atoms with Crippen LogP contribution in [0.4, 0.5) is 0 Å². The molecule has 0 saturated heterocycles. The monoisotopic (exact) mass is 274 g/mol. The third kappa shape index (κ3) is 3.05. The van der Waals surface area contributed by atoms with Crippen LogP contribution >= 0.6 is 0 Å². The molecule has 6 heteroatoms. The van der Waals surface area contributed by atoms with Crippen molar-refractivity contribution in [3.8, 4) is 5.75 Å². The summed E-state index contributed by atoms with van der Waals surface area (Å²) in [6, 6.07) is 9.59. The van der Waals surface area contributed by atoms with Crippen molar-refractivity contribution in [3.05, 3.63) is 36.4 Å². The van der Waals surface area contributed by atoms with Gasteiger partial charge in [0.1, 0.15) is 15.9 Å². The van der Waals surface area contributed by atoms with Crippen molar-refractivity contribution in [2.24, 2.45) is 0 Å². The second-order valence-electron chi connectivity index (χ2n) is 3.49. The van der Waals surface area contributed by atoms with Crippen LogP contribution in [0.3, 0.4) is 0 Å². The minimum Gasteiger partial charge on any atom is -0.744 e. The molecule has 90 valence electrons. The Morgan fingerprint density at radius 3 is 2.33 bits per heavy atom. The van der Waals surface area contributed by atoms with Gasteiger partial charge in [0, 0.05) is 10.8 Å². The van der Waals surface area contributed by atoms with E-state index in [2.05, 4.69) is 0 Å². The standard InChI is InChI=1S/C12H12O4S.Na/c1-2-16-11-7-3-6-10-9(11)5-4-8-12(10)17(13,14)15;/h3-8H,2H2,1H3,(H,13,14,15);/q;+1/p-1. The number of ether oxygens (including phenoxy) is 1. The molecular weight excluding hydrogens is 263 g/mol. The van der Waals surface area contributed by atoms with Gasteiger partial charge >= 0.3 is 29.6 Å². The second kappa shape index (κ2) is 6.04. The quantitative estimate of drug-likeness (QED) is 0.540. The number of rotatable bonds is 3. The van der Waals surface area contributed by atoms with Crippen LogP contribution < -0.4 is 34.3 Å². The molecule has 0 aromatic heterocycles. The van der Waals surface area contributed by atoms with Gasteiger partial charge in [-0.15, -0.1) is 0 Å². The fourth-order valence-corrected chi connectivity index (χ4v) is 2.44. The summed E-state index contributed by atoms with van der Waals surface area (Å²) in [5.41, 5.74) is 0. The van der Waals surface area contributed by atoms with Gasteiger partial charge in [-0.3, -0.25) is 0 Å². The zero-order valence-corrected chi connectivity index (χ0v) is 13.0. The first kappa shape index (κ1) is 15.5. The summed E-state index contributed by atoms with van der Waals surface area (Å²) in [4.78, 5) is -0.212. The predicted molar refractivity (Wildman–Crippen MR) is 63.1 cm³/mol. The van der Waals surface area contributed by atoms with Crippen LogP contribution in [0.1, 0.15) is 6.92 Å². The Hall–Kier alpha value is -0.590. The summed E-state index contributed by atoms with van der Waals surface area (Å²) >= 11 is 0. The van der Waals surface area contributed by atoms with Gasteiger partial charge in [-0.2, -0.15) is 0 Å². The van der Waals surface area contributed by atoms with Gasteiger partial charge in [-0.25, -0.2) is 8.42 Å². The molecule has 0 bridgehead atoms. The average molecular weight is 274 g/mol. The smallest absolute Gasteiger partial charge is 0.744 e. The summed E-state index contributed by atoms with van der Waals surface area (Å²) < 4.78 is 38.7. The van der Waals surface area contributed by atoms with Gasteiger partial charge in [0.2, 0.25) is 0 Å². The zero-order chi connectivity index (χ0) is 12.5. The molecular formula is C12H11NaO4S. The molecule has 0 fully saturated rings. The van der Waals surface area contributed by atoms with Crippen LogP contribution in [0, 0.1) is 0 Å². The molecule has 0 saturated carbocycles. The summed E-state index contributed by atoms with van der Waals surface area (Å²) in [5, 5.41) is 1.03. The maximum absolute atomic E-state index is 11.1. The van der Waals surface area contributed by atoms with Gasteiger partial charge in [0.25, 0.3) is 0 Å². The van der Waals surface area contributed by atoms with E-state index < -0.39 is 10.1 Å². The number of benzene rings is 2. The van der Waals surface area contributed by atoms with Crippen LogP contribution in [-0.2, 0) is 10.1 Å². The predicted octanol–water partition coefficient (Wildman–Crippen LogP) is -0.853. The first-order valence-electron chi connectivity index (χ1n) is 5.14. The van der Waals surface area contributed by atoms with Gasteiger partial charge in [-0.1, -0.05) is 24.3 Å². The minimum absolute atomic E-state index is 0. The normalized spacial score (nSPS) is 11.0. The molecule has 2 aromatic carbocycles. The first-order valence-corrected chi connectivity index (χ1v) is 6.55. The van der Waals surface area contributed by atoms with E-state index in [1.165, 1.54) is 12.1 Å². The molecule has 0 heterocycles. The fraction of sp³-hybridized carbons (Fsp3) is 0.167. The van der Waals surface area contributed by atoms with E-state index in [9.17, 15) is 13.0 Å². The Balaban J connectivity index is 0.00000162. The van der Waals surface area contributed by atoms with Gasteiger partial charge in [-0.05, 0) is 19.1 Å². The summed E-state index contributed by atoms with van der Waals surface area (Å²) in [7, 11) is -4.47. The maximum atomic E-state index is 11.1. The van der Waals surface area contributed by atoms with Gasteiger partial charge < -0.3 is 9.29 Å². The molecule has 0 aliphatic rings. The van der Waals surface area contributed by atoms with Crippen LogP contribution in [0.25, 0.3) is 10.8 Å². The van der Waals surface area contributed by atoms with Crippen LogP contribution in [0.2, 0.25) is 0 Å².